The summed E-state index contributed by atoms with van der Waals surface area (Å²) in [5.41, 5.74) is 0.838. The third-order valence-electron chi connectivity index (χ3n) is 3.56. The Kier molecular flexibility index (Phi) is 6.22. The maximum atomic E-state index is 12.3. The van der Waals surface area contributed by atoms with Gasteiger partial charge in [-0.3, -0.25) is 9.89 Å². The lowest BCUT2D eigenvalue weighted by atomic mass is 10.3. The van der Waals surface area contributed by atoms with Crippen LogP contribution in [0.1, 0.15) is 18.3 Å². The molecule has 0 fully saturated rings. The number of H-pyrrole nitrogens is 1. The molecule has 1 amide bonds. The standard InChI is InChI=1S/C16H22N4O5S/c1-10-15(11(2)20-19-10)26(23,24)18-9-8-17-16(22)12(3)25-14-6-4-13(21)5-7-14/h4-7,12,18,21H,8-9H2,1-3H3,(H,17,22)(H,19,20). The Morgan fingerprint density at radius 2 is 1.92 bits per heavy atom. The fraction of sp³-hybridized carbons (Fsp3) is 0.375. The highest BCUT2D eigenvalue weighted by molar-refractivity contribution is 7.89. The second-order valence-corrected chi connectivity index (χ2v) is 7.41. The minimum atomic E-state index is -3.70. The van der Waals surface area contributed by atoms with Gasteiger partial charge < -0.3 is 15.2 Å². The van der Waals surface area contributed by atoms with E-state index in [0.29, 0.717) is 17.1 Å². The number of aromatic amines is 1. The monoisotopic (exact) mass is 382 g/mol. The summed E-state index contributed by atoms with van der Waals surface area (Å²) < 4.78 is 32.4. The number of hydrogen-bond donors (Lipinski definition) is 4. The topological polar surface area (TPSA) is 133 Å². The summed E-state index contributed by atoms with van der Waals surface area (Å²) >= 11 is 0. The number of carbonyl (C=O) groups excluding carboxylic acids is 1. The van der Waals surface area contributed by atoms with Gasteiger partial charge in [0.1, 0.15) is 16.4 Å². The van der Waals surface area contributed by atoms with Crippen molar-refractivity contribution in [3.05, 3.63) is 35.7 Å². The summed E-state index contributed by atoms with van der Waals surface area (Å²) in [5, 5.41) is 18.3. The predicted molar refractivity (Wildman–Crippen MR) is 94.5 cm³/mol. The summed E-state index contributed by atoms with van der Waals surface area (Å²) in [4.78, 5) is 12.1. The number of aromatic nitrogens is 2. The maximum Gasteiger partial charge on any atom is 0.260 e. The molecule has 0 saturated heterocycles. The Morgan fingerprint density at radius 1 is 1.27 bits per heavy atom. The number of phenolic OH excluding ortho intramolecular Hbond substituents is 1. The first-order valence-electron chi connectivity index (χ1n) is 7.95. The molecule has 0 spiro atoms. The van der Waals surface area contributed by atoms with E-state index in [4.69, 9.17) is 4.74 Å². The van der Waals surface area contributed by atoms with E-state index >= 15 is 0 Å². The number of benzene rings is 1. The Bertz CT molecular complexity index is 842. The number of amides is 1. The second kappa shape index (κ2) is 8.19. The van der Waals surface area contributed by atoms with E-state index in [9.17, 15) is 18.3 Å². The van der Waals surface area contributed by atoms with Gasteiger partial charge in [-0.15, -0.1) is 0 Å². The average Bonchev–Trinajstić information content (AvgIpc) is 2.93. The molecule has 0 aliphatic carbocycles. The van der Waals surface area contributed by atoms with Crippen molar-refractivity contribution in [3.8, 4) is 11.5 Å². The molecule has 1 aromatic carbocycles. The molecule has 0 radical (unpaired) electrons. The fourth-order valence-corrected chi connectivity index (χ4v) is 3.70. The van der Waals surface area contributed by atoms with Gasteiger partial charge in [0.05, 0.1) is 11.4 Å². The van der Waals surface area contributed by atoms with Crippen LogP contribution in [0.25, 0.3) is 0 Å². The van der Waals surface area contributed by atoms with Crippen LogP contribution in [0.15, 0.2) is 29.2 Å². The number of sulfonamides is 1. The molecule has 0 aliphatic heterocycles. The summed E-state index contributed by atoms with van der Waals surface area (Å²) in [6, 6.07) is 5.99. The number of ether oxygens (including phenoxy) is 1. The number of carbonyl (C=O) groups is 1. The number of phenols is 1. The third-order valence-corrected chi connectivity index (χ3v) is 5.29. The van der Waals surface area contributed by atoms with Crippen molar-refractivity contribution in [1.29, 1.82) is 0 Å². The van der Waals surface area contributed by atoms with Crippen LogP contribution < -0.4 is 14.8 Å². The molecular formula is C16H22N4O5S. The van der Waals surface area contributed by atoms with Crippen molar-refractivity contribution >= 4 is 15.9 Å². The van der Waals surface area contributed by atoms with Crippen LogP contribution in [0.4, 0.5) is 0 Å². The van der Waals surface area contributed by atoms with Crippen LogP contribution in [-0.2, 0) is 14.8 Å². The molecular weight excluding hydrogens is 360 g/mol. The lowest BCUT2D eigenvalue weighted by Crippen LogP contribution is -2.40. The SMILES string of the molecule is Cc1n[nH]c(C)c1S(=O)(=O)NCCNC(=O)C(C)Oc1ccc(O)cc1. The molecule has 4 N–H and O–H groups in total. The van der Waals surface area contributed by atoms with Crippen LogP contribution in [0.2, 0.25) is 0 Å². The van der Waals surface area contributed by atoms with Crippen molar-refractivity contribution in [2.24, 2.45) is 0 Å². The number of hydrogen-bond acceptors (Lipinski definition) is 6. The van der Waals surface area contributed by atoms with Gasteiger partial charge in [-0.2, -0.15) is 5.10 Å². The van der Waals surface area contributed by atoms with Crippen LogP contribution in [0.5, 0.6) is 11.5 Å². The van der Waals surface area contributed by atoms with Crippen LogP contribution >= 0.6 is 0 Å². The normalized spacial score (nSPS) is 12.6. The van der Waals surface area contributed by atoms with E-state index in [2.05, 4.69) is 20.2 Å². The number of rotatable bonds is 8. The Hall–Kier alpha value is -2.59. The molecule has 10 heteroatoms. The average molecular weight is 382 g/mol. The number of aryl methyl sites for hydroxylation is 2. The molecule has 0 aliphatic rings. The number of aromatic hydroxyl groups is 1. The van der Waals surface area contributed by atoms with E-state index in [1.54, 1.807) is 32.9 Å². The second-order valence-electron chi connectivity index (χ2n) is 5.71. The molecule has 2 aromatic rings. The van der Waals surface area contributed by atoms with Gasteiger partial charge in [0.15, 0.2) is 6.10 Å². The minimum Gasteiger partial charge on any atom is -0.508 e. The highest BCUT2D eigenvalue weighted by Crippen LogP contribution is 2.17. The third kappa shape index (κ3) is 4.96. The first kappa shape index (κ1) is 19.7. The molecule has 2 rings (SSSR count). The molecule has 1 aromatic heterocycles. The van der Waals surface area contributed by atoms with E-state index < -0.39 is 16.1 Å². The van der Waals surface area contributed by atoms with Gasteiger partial charge in [-0.25, -0.2) is 13.1 Å². The quantitative estimate of drug-likeness (QED) is 0.494. The molecule has 142 valence electrons. The summed E-state index contributed by atoms with van der Waals surface area (Å²) in [6.07, 6.45) is -0.769. The van der Waals surface area contributed by atoms with Gasteiger partial charge in [0, 0.05) is 13.1 Å². The maximum absolute atomic E-state index is 12.3. The lowest BCUT2D eigenvalue weighted by molar-refractivity contribution is -0.127. The Morgan fingerprint density at radius 3 is 2.50 bits per heavy atom. The van der Waals surface area contributed by atoms with Gasteiger partial charge in [0.2, 0.25) is 10.0 Å². The highest BCUT2D eigenvalue weighted by atomic mass is 32.2. The van der Waals surface area contributed by atoms with Crippen molar-refractivity contribution in [1.82, 2.24) is 20.2 Å². The molecule has 9 nitrogen and oxygen atoms in total. The van der Waals surface area contributed by atoms with E-state index in [1.807, 2.05) is 0 Å². The molecule has 1 unspecified atom stereocenters. The first-order valence-corrected chi connectivity index (χ1v) is 9.43. The van der Waals surface area contributed by atoms with Crippen molar-refractivity contribution < 1.29 is 23.1 Å². The number of nitrogens with zero attached hydrogens (tertiary/aromatic N) is 1. The molecule has 0 bridgehead atoms. The largest absolute Gasteiger partial charge is 0.508 e. The van der Waals surface area contributed by atoms with Crippen LogP contribution in [-0.4, -0.2) is 48.8 Å². The minimum absolute atomic E-state index is 0.0318. The van der Waals surface area contributed by atoms with Gasteiger partial charge in [0.25, 0.3) is 5.91 Å². The van der Waals surface area contributed by atoms with Crippen molar-refractivity contribution in [2.45, 2.75) is 31.8 Å². The highest BCUT2D eigenvalue weighted by Gasteiger charge is 2.22. The molecule has 0 saturated carbocycles. The fourth-order valence-electron chi connectivity index (χ4n) is 2.31. The van der Waals surface area contributed by atoms with E-state index in [-0.39, 0.29) is 29.6 Å². The van der Waals surface area contributed by atoms with Crippen molar-refractivity contribution in [2.75, 3.05) is 13.1 Å². The van der Waals surface area contributed by atoms with Crippen LogP contribution in [0.3, 0.4) is 0 Å². The summed E-state index contributed by atoms with van der Waals surface area (Å²) in [7, 11) is -3.70. The van der Waals surface area contributed by atoms with Gasteiger partial charge in [-0.1, -0.05) is 0 Å². The van der Waals surface area contributed by atoms with Gasteiger partial charge in [-0.05, 0) is 45.0 Å². The summed E-state index contributed by atoms with van der Waals surface area (Å²) in [5.74, 6) is 0.162. The van der Waals surface area contributed by atoms with Crippen LogP contribution in [0, 0.1) is 13.8 Å². The van der Waals surface area contributed by atoms with E-state index in [0.717, 1.165) is 0 Å². The predicted octanol–water partition coefficient (Wildman–Crippen LogP) is 0.594. The van der Waals surface area contributed by atoms with Gasteiger partial charge >= 0.3 is 0 Å². The Labute approximate surface area is 151 Å². The Balaban J connectivity index is 1.80. The van der Waals surface area contributed by atoms with E-state index in [1.165, 1.54) is 12.1 Å². The first-order chi connectivity index (χ1) is 12.2. The smallest absolute Gasteiger partial charge is 0.260 e. The number of nitrogens with one attached hydrogen (secondary N) is 3. The lowest BCUT2D eigenvalue weighted by Gasteiger charge is -2.15. The van der Waals surface area contributed by atoms with Crippen molar-refractivity contribution in [3.63, 3.8) is 0 Å². The molecule has 26 heavy (non-hydrogen) atoms. The molecule has 1 heterocycles. The zero-order valence-corrected chi connectivity index (χ0v) is 15.6. The zero-order chi connectivity index (χ0) is 19.3. The molecule has 1 atom stereocenters. The summed E-state index contributed by atoms with van der Waals surface area (Å²) in [6.45, 7) is 4.94. The zero-order valence-electron chi connectivity index (χ0n) is 14.7.